The number of nitrogens with zero attached hydrogens (tertiary/aromatic N) is 3. The molecule has 2 amide bonds. The molecule has 5 rings (SSSR count). The van der Waals surface area contributed by atoms with E-state index in [-0.39, 0.29) is 17.0 Å². The van der Waals surface area contributed by atoms with Gasteiger partial charge in [-0.3, -0.25) is 14.6 Å². The molecule has 2 aromatic carbocycles. The number of anilines is 1. The molecule has 198 valence electrons. The van der Waals surface area contributed by atoms with Crippen LogP contribution in [0.5, 0.6) is 11.5 Å². The summed E-state index contributed by atoms with van der Waals surface area (Å²) in [6.45, 7) is 2.95. The summed E-state index contributed by atoms with van der Waals surface area (Å²) in [5.41, 5.74) is 6.80. The van der Waals surface area contributed by atoms with E-state index in [9.17, 15) is 14.0 Å². The summed E-state index contributed by atoms with van der Waals surface area (Å²) in [7, 11) is 0. The zero-order chi connectivity index (χ0) is 27.5. The van der Waals surface area contributed by atoms with Crippen LogP contribution in [0.3, 0.4) is 0 Å². The third kappa shape index (κ3) is 5.48. The van der Waals surface area contributed by atoms with E-state index in [4.69, 9.17) is 10.5 Å². The number of carbonyl (C=O) groups excluding carboxylic acids is 2. The molecule has 1 unspecified atom stereocenters. The van der Waals surface area contributed by atoms with Gasteiger partial charge in [0, 0.05) is 25.0 Å². The van der Waals surface area contributed by atoms with Gasteiger partial charge in [-0.15, -0.1) is 11.3 Å². The molecule has 0 bridgehead atoms. The van der Waals surface area contributed by atoms with E-state index in [2.05, 4.69) is 22.2 Å². The van der Waals surface area contributed by atoms with Crippen LogP contribution in [0.15, 0.2) is 73.3 Å². The standard InChI is InChI=1S/C28H23F2N5O3S/c1-2-11-35-14-21(33-15-35)24-13-20-26(39-24)23(9-10-32-20)38-22-8-7-16(12-18(22)30)25(27(31)36)28(37)34-19-6-4-3-5-17(19)29/h3-10,12-15,25H,2,11H2,1H3,(H2,31,36)(H,34,37). The number of halogens is 2. The number of aryl methyl sites for hydroxylation is 1. The van der Waals surface area contributed by atoms with Crippen LogP contribution in [0.4, 0.5) is 14.5 Å². The molecule has 0 aliphatic rings. The minimum Gasteiger partial charge on any atom is -0.453 e. The van der Waals surface area contributed by atoms with Crippen LogP contribution in [0, 0.1) is 11.6 Å². The summed E-state index contributed by atoms with van der Waals surface area (Å²) >= 11 is 1.42. The highest BCUT2D eigenvalue weighted by atomic mass is 32.1. The van der Waals surface area contributed by atoms with Crippen molar-refractivity contribution in [3.63, 3.8) is 0 Å². The minimum absolute atomic E-state index is 0.00198. The van der Waals surface area contributed by atoms with Crippen molar-refractivity contribution in [2.45, 2.75) is 25.8 Å². The number of nitrogens with two attached hydrogens (primary N) is 1. The summed E-state index contributed by atoms with van der Waals surface area (Å²) in [6.07, 6.45) is 6.29. The highest BCUT2D eigenvalue weighted by Crippen LogP contribution is 2.39. The molecule has 0 saturated carbocycles. The largest absolute Gasteiger partial charge is 0.453 e. The summed E-state index contributed by atoms with van der Waals surface area (Å²) in [5.74, 6) is -4.67. The number of pyridine rings is 1. The van der Waals surface area contributed by atoms with Crippen molar-refractivity contribution in [1.29, 1.82) is 0 Å². The molecule has 0 aliphatic heterocycles. The van der Waals surface area contributed by atoms with Crippen LogP contribution in [0.1, 0.15) is 24.8 Å². The van der Waals surface area contributed by atoms with Gasteiger partial charge in [0.05, 0.1) is 32.8 Å². The van der Waals surface area contributed by atoms with E-state index in [1.807, 2.05) is 16.8 Å². The van der Waals surface area contributed by atoms with Gasteiger partial charge in [0.1, 0.15) is 17.5 Å². The van der Waals surface area contributed by atoms with Gasteiger partial charge in [0.15, 0.2) is 11.6 Å². The molecule has 0 saturated heterocycles. The number of para-hydroxylation sites is 1. The molecule has 8 nitrogen and oxygen atoms in total. The quantitative estimate of drug-likeness (QED) is 0.225. The number of rotatable bonds is 9. The zero-order valence-electron chi connectivity index (χ0n) is 20.7. The van der Waals surface area contributed by atoms with E-state index in [0.29, 0.717) is 16.0 Å². The molecule has 5 aromatic rings. The van der Waals surface area contributed by atoms with Crippen LogP contribution < -0.4 is 15.8 Å². The van der Waals surface area contributed by atoms with Crippen LogP contribution in [0.25, 0.3) is 20.8 Å². The predicted molar refractivity (Wildman–Crippen MR) is 145 cm³/mol. The van der Waals surface area contributed by atoms with Crippen molar-refractivity contribution in [2.75, 3.05) is 5.32 Å². The fourth-order valence-corrected chi connectivity index (χ4v) is 5.13. The number of hydrogen-bond acceptors (Lipinski definition) is 6. The molecule has 11 heteroatoms. The minimum atomic E-state index is -1.55. The molecule has 3 aromatic heterocycles. The van der Waals surface area contributed by atoms with Gasteiger partial charge in [0.25, 0.3) is 0 Å². The molecule has 3 heterocycles. The van der Waals surface area contributed by atoms with Crippen molar-refractivity contribution < 1.29 is 23.1 Å². The van der Waals surface area contributed by atoms with E-state index in [0.717, 1.165) is 35.7 Å². The average molecular weight is 548 g/mol. The Hall–Kier alpha value is -4.64. The van der Waals surface area contributed by atoms with Gasteiger partial charge < -0.3 is 20.4 Å². The zero-order valence-corrected chi connectivity index (χ0v) is 21.5. The number of nitrogens with one attached hydrogen (secondary N) is 1. The van der Waals surface area contributed by atoms with Crippen molar-refractivity contribution in [3.8, 4) is 22.1 Å². The third-order valence-electron chi connectivity index (χ3n) is 5.93. The van der Waals surface area contributed by atoms with Crippen molar-refractivity contribution >= 4 is 39.1 Å². The first-order chi connectivity index (χ1) is 18.8. The van der Waals surface area contributed by atoms with Crippen molar-refractivity contribution in [3.05, 3.63) is 90.5 Å². The number of benzene rings is 2. The highest BCUT2D eigenvalue weighted by molar-refractivity contribution is 7.22. The summed E-state index contributed by atoms with van der Waals surface area (Å²) in [5, 5.41) is 2.33. The number of imidazole rings is 1. The van der Waals surface area contributed by atoms with Gasteiger partial charge in [-0.25, -0.2) is 13.8 Å². The molecule has 0 spiro atoms. The van der Waals surface area contributed by atoms with Gasteiger partial charge in [-0.1, -0.05) is 25.1 Å². The van der Waals surface area contributed by atoms with E-state index in [1.165, 1.54) is 41.7 Å². The first kappa shape index (κ1) is 26.0. The topological polar surface area (TPSA) is 112 Å². The predicted octanol–water partition coefficient (Wildman–Crippen LogP) is 5.85. The maximum Gasteiger partial charge on any atom is 0.241 e. The molecule has 1 atom stereocenters. The number of thiophene rings is 1. The van der Waals surface area contributed by atoms with Crippen LogP contribution in [-0.4, -0.2) is 26.3 Å². The summed E-state index contributed by atoms with van der Waals surface area (Å²) in [4.78, 5) is 34.6. The highest BCUT2D eigenvalue weighted by Gasteiger charge is 2.28. The van der Waals surface area contributed by atoms with Gasteiger partial charge in [-0.05, 0) is 42.3 Å². The van der Waals surface area contributed by atoms with E-state index < -0.39 is 29.4 Å². The fraction of sp³-hybridized carbons (Fsp3) is 0.143. The van der Waals surface area contributed by atoms with E-state index in [1.54, 1.807) is 18.6 Å². The van der Waals surface area contributed by atoms with Crippen molar-refractivity contribution in [1.82, 2.24) is 14.5 Å². The summed E-state index contributed by atoms with van der Waals surface area (Å²) < 4.78 is 37.7. The number of carbonyl (C=O) groups is 2. The number of aromatic nitrogens is 3. The van der Waals surface area contributed by atoms with Crippen LogP contribution in [0.2, 0.25) is 0 Å². The second-order valence-electron chi connectivity index (χ2n) is 8.73. The lowest BCUT2D eigenvalue weighted by atomic mass is 9.97. The van der Waals surface area contributed by atoms with Crippen molar-refractivity contribution in [2.24, 2.45) is 5.73 Å². The second-order valence-corrected chi connectivity index (χ2v) is 9.78. The van der Waals surface area contributed by atoms with Crippen LogP contribution >= 0.6 is 11.3 Å². The van der Waals surface area contributed by atoms with E-state index >= 15 is 4.39 Å². The molecule has 0 radical (unpaired) electrons. The van der Waals surface area contributed by atoms with Gasteiger partial charge >= 0.3 is 0 Å². The first-order valence-electron chi connectivity index (χ1n) is 12.1. The number of ether oxygens (including phenoxy) is 1. The molecular weight excluding hydrogens is 524 g/mol. The Kier molecular flexibility index (Phi) is 7.33. The molecule has 0 aliphatic carbocycles. The Labute approximate surface area is 226 Å². The Morgan fingerprint density at radius 1 is 1.08 bits per heavy atom. The number of hydrogen-bond donors (Lipinski definition) is 2. The Morgan fingerprint density at radius 2 is 1.90 bits per heavy atom. The third-order valence-corrected chi connectivity index (χ3v) is 7.09. The maximum atomic E-state index is 15.2. The van der Waals surface area contributed by atoms with Gasteiger partial charge in [0.2, 0.25) is 11.8 Å². The molecular formula is C28H23F2N5O3S. The Bertz CT molecular complexity index is 1680. The monoisotopic (exact) mass is 547 g/mol. The summed E-state index contributed by atoms with van der Waals surface area (Å²) in [6, 6.07) is 12.7. The first-order valence-corrected chi connectivity index (χ1v) is 12.9. The Morgan fingerprint density at radius 3 is 2.64 bits per heavy atom. The average Bonchev–Trinajstić information content (AvgIpc) is 3.55. The maximum absolute atomic E-state index is 15.2. The fourth-order valence-electron chi connectivity index (χ4n) is 4.10. The number of fused-ring (bicyclic) bond motifs is 1. The smallest absolute Gasteiger partial charge is 0.241 e. The van der Waals surface area contributed by atoms with Crippen LogP contribution in [-0.2, 0) is 16.1 Å². The second kappa shape index (κ2) is 11.0. The molecule has 39 heavy (non-hydrogen) atoms. The molecule has 0 fully saturated rings. The lowest BCUT2D eigenvalue weighted by Crippen LogP contribution is -2.32. The number of primary amides is 1. The lowest BCUT2D eigenvalue weighted by molar-refractivity contribution is -0.127. The number of amides is 2. The Balaban J connectivity index is 1.40. The molecule has 3 N–H and O–H groups in total. The van der Waals surface area contributed by atoms with Gasteiger partial charge in [-0.2, -0.15) is 0 Å². The SMILES string of the molecule is CCCn1cnc(-c2cc3nccc(Oc4ccc(C(C(N)=O)C(=O)Nc5ccccc5F)cc4F)c3s2)c1. The lowest BCUT2D eigenvalue weighted by Gasteiger charge is -2.16. The normalized spacial score (nSPS) is 11.9.